The predicted molar refractivity (Wildman–Crippen MR) is 108 cm³/mol. The van der Waals surface area contributed by atoms with Crippen molar-refractivity contribution in [2.75, 3.05) is 40.0 Å². The van der Waals surface area contributed by atoms with Crippen LogP contribution in [0.2, 0.25) is 0 Å². The lowest BCUT2D eigenvalue weighted by Gasteiger charge is -2.36. The Labute approximate surface area is 167 Å². The molecule has 1 aromatic carbocycles. The minimum absolute atomic E-state index is 0.111. The topological polar surface area (TPSA) is 54.9 Å². The third kappa shape index (κ3) is 5.09. The highest BCUT2D eigenvalue weighted by molar-refractivity contribution is 5.83. The van der Waals surface area contributed by atoms with Crippen LogP contribution in [0.5, 0.6) is 5.75 Å². The average Bonchev–Trinajstić information content (AvgIpc) is 2.75. The van der Waals surface area contributed by atoms with E-state index in [2.05, 4.69) is 16.8 Å². The molecular formula is C22H29N3O3. The number of nitrogens with zero attached hydrogens (tertiary/aromatic N) is 3. The number of hydrogen-bond acceptors (Lipinski definition) is 5. The second-order valence-electron chi connectivity index (χ2n) is 6.95. The molecular weight excluding hydrogens is 354 g/mol. The molecule has 1 aliphatic rings. The second kappa shape index (κ2) is 10.2. The van der Waals surface area contributed by atoms with Crippen LogP contribution in [0.15, 0.2) is 48.8 Å². The monoisotopic (exact) mass is 383 g/mol. The van der Waals surface area contributed by atoms with Gasteiger partial charge in [-0.15, -0.1) is 0 Å². The molecule has 6 nitrogen and oxygen atoms in total. The van der Waals surface area contributed by atoms with Crippen molar-refractivity contribution < 1.29 is 14.3 Å². The highest BCUT2D eigenvalue weighted by Gasteiger charge is 2.32. The van der Waals surface area contributed by atoms with Gasteiger partial charge in [0.2, 0.25) is 5.91 Å². The molecule has 1 amide bonds. The number of methoxy groups -OCH3 is 1. The van der Waals surface area contributed by atoms with E-state index in [1.165, 1.54) is 0 Å². The smallest absolute Gasteiger partial charge is 0.244 e. The molecule has 3 rings (SSSR count). The largest absolute Gasteiger partial charge is 0.497 e. The standard InChI is InChI=1S/C22H29N3O3/c1-3-10-25(17-18-6-4-8-20(15-18)27-2)22(26)21(19-7-5-9-23-16-19)24-11-13-28-14-12-24/h4-9,15-16,21H,3,10-14,17H2,1-2H3/t21-/m1/s1. The molecule has 0 N–H and O–H groups in total. The molecule has 1 aromatic heterocycles. The van der Waals surface area contributed by atoms with E-state index in [4.69, 9.17) is 9.47 Å². The van der Waals surface area contributed by atoms with E-state index in [1.54, 1.807) is 19.5 Å². The summed E-state index contributed by atoms with van der Waals surface area (Å²) >= 11 is 0. The van der Waals surface area contributed by atoms with Crippen LogP contribution in [0, 0.1) is 0 Å². The van der Waals surface area contributed by atoms with Crippen molar-refractivity contribution in [2.24, 2.45) is 0 Å². The number of morpholine rings is 1. The SMILES string of the molecule is CCCN(Cc1cccc(OC)c1)C(=O)[C@@H](c1cccnc1)N1CCOCC1. The molecule has 6 heteroatoms. The van der Waals surface area contributed by atoms with Crippen LogP contribution in [-0.2, 0) is 16.1 Å². The summed E-state index contributed by atoms with van der Waals surface area (Å²) in [7, 11) is 1.66. The molecule has 0 saturated carbocycles. The Kier molecular flexibility index (Phi) is 7.39. The highest BCUT2D eigenvalue weighted by Crippen LogP contribution is 2.25. The molecule has 2 heterocycles. The fourth-order valence-corrected chi connectivity index (χ4v) is 3.58. The van der Waals surface area contributed by atoms with Crippen LogP contribution in [0.3, 0.4) is 0 Å². The van der Waals surface area contributed by atoms with Crippen molar-refractivity contribution in [3.05, 3.63) is 59.9 Å². The maximum Gasteiger partial charge on any atom is 0.244 e. The molecule has 1 fully saturated rings. The summed E-state index contributed by atoms with van der Waals surface area (Å²) in [6.07, 6.45) is 4.44. The highest BCUT2D eigenvalue weighted by atomic mass is 16.5. The first-order valence-electron chi connectivity index (χ1n) is 9.86. The Hall–Kier alpha value is -2.44. The predicted octanol–water partition coefficient (Wildman–Crippen LogP) is 2.90. The zero-order valence-corrected chi connectivity index (χ0v) is 16.7. The molecule has 28 heavy (non-hydrogen) atoms. The number of hydrogen-bond donors (Lipinski definition) is 0. The van der Waals surface area contributed by atoms with E-state index in [0.717, 1.165) is 36.4 Å². The van der Waals surface area contributed by atoms with Gasteiger partial charge in [-0.2, -0.15) is 0 Å². The van der Waals surface area contributed by atoms with Gasteiger partial charge in [0.25, 0.3) is 0 Å². The number of rotatable bonds is 8. The van der Waals surface area contributed by atoms with Crippen molar-refractivity contribution in [3.8, 4) is 5.75 Å². The number of ether oxygens (including phenoxy) is 2. The lowest BCUT2D eigenvalue weighted by atomic mass is 10.0. The van der Waals surface area contributed by atoms with E-state index in [0.29, 0.717) is 26.3 Å². The fraction of sp³-hybridized carbons (Fsp3) is 0.455. The van der Waals surface area contributed by atoms with Crippen molar-refractivity contribution >= 4 is 5.91 Å². The maximum atomic E-state index is 13.7. The van der Waals surface area contributed by atoms with Crippen LogP contribution in [0.4, 0.5) is 0 Å². The number of amides is 1. The zero-order valence-electron chi connectivity index (χ0n) is 16.7. The molecule has 0 unspecified atom stereocenters. The van der Waals surface area contributed by atoms with Crippen molar-refractivity contribution in [2.45, 2.75) is 25.9 Å². The van der Waals surface area contributed by atoms with Gasteiger partial charge in [0.1, 0.15) is 11.8 Å². The van der Waals surface area contributed by atoms with Crippen molar-refractivity contribution in [1.82, 2.24) is 14.8 Å². The van der Waals surface area contributed by atoms with E-state index in [1.807, 2.05) is 41.3 Å². The minimum atomic E-state index is -0.338. The number of carbonyl (C=O) groups excluding carboxylic acids is 1. The molecule has 0 spiro atoms. The van der Waals surface area contributed by atoms with Gasteiger partial charge in [-0.3, -0.25) is 14.7 Å². The number of carbonyl (C=O) groups is 1. The Bertz CT molecular complexity index is 748. The van der Waals surface area contributed by atoms with Crippen LogP contribution < -0.4 is 4.74 Å². The van der Waals surface area contributed by atoms with Gasteiger partial charge in [0, 0.05) is 38.6 Å². The Balaban J connectivity index is 1.86. The molecule has 0 bridgehead atoms. The number of pyridine rings is 1. The van der Waals surface area contributed by atoms with E-state index in [-0.39, 0.29) is 11.9 Å². The number of benzene rings is 1. The van der Waals surface area contributed by atoms with E-state index < -0.39 is 0 Å². The maximum absolute atomic E-state index is 13.7. The van der Waals surface area contributed by atoms with Gasteiger partial charge < -0.3 is 14.4 Å². The zero-order chi connectivity index (χ0) is 19.8. The summed E-state index contributed by atoms with van der Waals surface area (Å²) in [5.74, 6) is 0.915. The summed E-state index contributed by atoms with van der Waals surface area (Å²) in [6, 6.07) is 11.4. The minimum Gasteiger partial charge on any atom is -0.497 e. The van der Waals surface area contributed by atoms with Crippen LogP contribution in [0.1, 0.15) is 30.5 Å². The van der Waals surface area contributed by atoms with Crippen LogP contribution in [-0.4, -0.2) is 60.6 Å². The van der Waals surface area contributed by atoms with Gasteiger partial charge in [0.05, 0.1) is 20.3 Å². The van der Waals surface area contributed by atoms with Gasteiger partial charge in [-0.1, -0.05) is 25.1 Å². The first-order valence-corrected chi connectivity index (χ1v) is 9.86. The summed E-state index contributed by atoms with van der Waals surface area (Å²) < 4.78 is 10.8. The van der Waals surface area contributed by atoms with Gasteiger partial charge in [-0.05, 0) is 35.7 Å². The third-order valence-corrected chi connectivity index (χ3v) is 4.96. The Morgan fingerprint density at radius 3 is 2.79 bits per heavy atom. The van der Waals surface area contributed by atoms with Gasteiger partial charge in [-0.25, -0.2) is 0 Å². The molecule has 2 aromatic rings. The number of aromatic nitrogens is 1. The summed E-state index contributed by atoms with van der Waals surface area (Å²) in [6.45, 7) is 6.14. The normalized spacial score (nSPS) is 15.8. The summed E-state index contributed by atoms with van der Waals surface area (Å²) in [4.78, 5) is 22.1. The van der Waals surface area contributed by atoms with Crippen molar-refractivity contribution in [3.63, 3.8) is 0 Å². The molecule has 1 saturated heterocycles. The lowest BCUT2D eigenvalue weighted by Crippen LogP contribution is -2.47. The molecule has 0 radical (unpaired) electrons. The van der Waals surface area contributed by atoms with Crippen LogP contribution >= 0.6 is 0 Å². The fourth-order valence-electron chi connectivity index (χ4n) is 3.58. The molecule has 150 valence electrons. The quantitative estimate of drug-likeness (QED) is 0.702. The third-order valence-electron chi connectivity index (χ3n) is 4.96. The van der Waals surface area contributed by atoms with Crippen LogP contribution in [0.25, 0.3) is 0 Å². The first-order chi connectivity index (χ1) is 13.7. The van der Waals surface area contributed by atoms with Crippen molar-refractivity contribution in [1.29, 1.82) is 0 Å². The summed E-state index contributed by atoms with van der Waals surface area (Å²) in [5, 5.41) is 0. The lowest BCUT2D eigenvalue weighted by molar-refractivity contribution is -0.140. The molecule has 0 aliphatic carbocycles. The average molecular weight is 383 g/mol. The Morgan fingerprint density at radius 2 is 2.11 bits per heavy atom. The Morgan fingerprint density at radius 1 is 1.29 bits per heavy atom. The second-order valence-corrected chi connectivity index (χ2v) is 6.95. The molecule has 1 aliphatic heterocycles. The van der Waals surface area contributed by atoms with Gasteiger partial charge in [0.15, 0.2) is 0 Å². The molecule has 1 atom stereocenters. The summed E-state index contributed by atoms with van der Waals surface area (Å²) in [5.41, 5.74) is 1.99. The van der Waals surface area contributed by atoms with E-state index >= 15 is 0 Å². The van der Waals surface area contributed by atoms with Gasteiger partial charge >= 0.3 is 0 Å². The first kappa shape index (κ1) is 20.3. The van der Waals surface area contributed by atoms with E-state index in [9.17, 15) is 4.79 Å².